The summed E-state index contributed by atoms with van der Waals surface area (Å²) in [5.74, 6) is -2.47. The molecule has 2 N–H and O–H groups in total. The lowest BCUT2D eigenvalue weighted by molar-refractivity contribution is -0.152. The Hall–Kier alpha value is -2.20. The fourth-order valence-corrected chi connectivity index (χ4v) is 0.849. The number of carbonyl (C=O) groups is 3. The second kappa shape index (κ2) is 10.5. The van der Waals surface area contributed by atoms with Crippen molar-refractivity contribution in [3.8, 4) is 0 Å². The maximum Gasteiger partial charge on any atom is 0.341 e. The Kier molecular flexibility index (Phi) is 10.6. The van der Waals surface area contributed by atoms with Crippen LogP contribution in [0.5, 0.6) is 0 Å². The largest absolute Gasteiger partial charge is 0.479 e. The number of esters is 2. The van der Waals surface area contributed by atoms with Crippen LogP contribution in [-0.4, -0.2) is 51.0 Å². The van der Waals surface area contributed by atoms with Crippen LogP contribution in [0.3, 0.4) is 0 Å². The topological polar surface area (TPSA) is 136 Å². The van der Waals surface area contributed by atoms with Crippen molar-refractivity contribution in [3.63, 3.8) is 0 Å². The van der Waals surface area contributed by atoms with E-state index in [9.17, 15) is 22.8 Å². The molecule has 0 heterocycles. The molecule has 0 unspecified atom stereocenters. The molecular formula is C12H19NO8S. The van der Waals surface area contributed by atoms with Gasteiger partial charge in [0.25, 0.3) is 0 Å². The van der Waals surface area contributed by atoms with Crippen LogP contribution in [0, 0.1) is 0 Å². The van der Waals surface area contributed by atoms with Gasteiger partial charge in [-0.2, -0.15) is 4.72 Å². The van der Waals surface area contributed by atoms with Crippen molar-refractivity contribution in [3.05, 3.63) is 24.3 Å². The highest BCUT2D eigenvalue weighted by atomic mass is 32.2. The molecule has 9 nitrogen and oxygen atoms in total. The van der Waals surface area contributed by atoms with Gasteiger partial charge in [0.1, 0.15) is 0 Å². The SMILES string of the molecule is C=C(C)C(=O)OCC(=O)O.C=C(C)C(=O)OCNS(C)(=O)=O. The molecular weight excluding hydrogens is 318 g/mol. The number of rotatable bonds is 7. The van der Waals surface area contributed by atoms with E-state index in [0.717, 1.165) is 6.26 Å². The molecule has 10 heteroatoms. The monoisotopic (exact) mass is 337 g/mol. The van der Waals surface area contributed by atoms with Crippen molar-refractivity contribution in [1.29, 1.82) is 0 Å². The number of ether oxygens (including phenoxy) is 2. The summed E-state index contributed by atoms with van der Waals surface area (Å²) < 4.78 is 31.6. The number of aliphatic carboxylic acids is 1. The van der Waals surface area contributed by atoms with E-state index < -0.39 is 34.5 Å². The van der Waals surface area contributed by atoms with Gasteiger partial charge in [0, 0.05) is 11.1 Å². The van der Waals surface area contributed by atoms with Crippen LogP contribution in [0.15, 0.2) is 24.3 Å². The average molecular weight is 337 g/mol. The zero-order chi connectivity index (χ0) is 17.9. The number of hydrogen-bond acceptors (Lipinski definition) is 7. The summed E-state index contributed by atoms with van der Waals surface area (Å²) in [4.78, 5) is 31.0. The highest BCUT2D eigenvalue weighted by Gasteiger charge is 2.05. The number of carboxylic acid groups (broad SMARTS) is 1. The molecule has 0 radical (unpaired) electrons. The van der Waals surface area contributed by atoms with Crippen molar-refractivity contribution in [2.24, 2.45) is 0 Å². The van der Waals surface area contributed by atoms with Gasteiger partial charge < -0.3 is 14.6 Å². The standard InChI is InChI=1S/C6H11NO4S.C6H8O4/c1-5(2)6(8)11-4-7-12(3,9)10;1-4(2)6(9)10-3-5(7)8/h7H,1,4H2,2-3H3;1,3H2,2H3,(H,7,8). The molecule has 0 rings (SSSR count). The van der Waals surface area contributed by atoms with Crippen LogP contribution < -0.4 is 4.72 Å². The van der Waals surface area contributed by atoms with Crippen molar-refractivity contribution in [2.45, 2.75) is 13.8 Å². The first kappa shape index (κ1) is 22.1. The van der Waals surface area contributed by atoms with Crippen LogP contribution in [0.1, 0.15) is 13.8 Å². The fourth-order valence-electron chi connectivity index (χ4n) is 0.576. The molecule has 0 aliphatic rings. The first-order chi connectivity index (χ1) is 9.86. The maximum absolute atomic E-state index is 10.7. The average Bonchev–Trinajstić information content (AvgIpc) is 2.34. The Morgan fingerprint density at radius 3 is 1.77 bits per heavy atom. The van der Waals surface area contributed by atoms with Gasteiger partial charge in [-0.25, -0.2) is 22.8 Å². The van der Waals surface area contributed by atoms with Crippen LogP contribution in [0.4, 0.5) is 0 Å². The summed E-state index contributed by atoms with van der Waals surface area (Å²) in [5, 5.41) is 8.04. The summed E-state index contributed by atoms with van der Waals surface area (Å²) in [6.07, 6.45) is 0.974. The number of nitrogens with one attached hydrogen (secondary N) is 1. The lowest BCUT2D eigenvalue weighted by Gasteiger charge is -2.03. The first-order valence-corrected chi connectivity index (χ1v) is 7.57. The molecule has 0 aromatic rings. The maximum atomic E-state index is 10.7. The third-order valence-electron chi connectivity index (χ3n) is 1.55. The molecule has 0 saturated carbocycles. The van der Waals surface area contributed by atoms with Gasteiger partial charge in [0.2, 0.25) is 10.0 Å². The molecule has 0 aliphatic heterocycles. The summed E-state index contributed by atoms with van der Waals surface area (Å²) >= 11 is 0. The van der Waals surface area contributed by atoms with E-state index in [1.165, 1.54) is 13.8 Å². The lowest BCUT2D eigenvalue weighted by atomic mass is 10.4. The highest BCUT2D eigenvalue weighted by Crippen LogP contribution is 1.91. The Balaban J connectivity index is 0. The Morgan fingerprint density at radius 1 is 1.05 bits per heavy atom. The van der Waals surface area contributed by atoms with Gasteiger partial charge in [-0.1, -0.05) is 13.2 Å². The fraction of sp³-hybridized carbons (Fsp3) is 0.417. The molecule has 126 valence electrons. The van der Waals surface area contributed by atoms with E-state index in [0.29, 0.717) is 0 Å². The van der Waals surface area contributed by atoms with E-state index in [4.69, 9.17) is 5.11 Å². The minimum Gasteiger partial charge on any atom is -0.479 e. The molecule has 0 saturated heterocycles. The van der Waals surface area contributed by atoms with Crippen LogP contribution in [0.25, 0.3) is 0 Å². The Labute approximate surface area is 128 Å². The van der Waals surface area contributed by atoms with Crippen LogP contribution in [0.2, 0.25) is 0 Å². The highest BCUT2D eigenvalue weighted by molar-refractivity contribution is 7.88. The normalized spacial score (nSPS) is 9.77. The van der Waals surface area contributed by atoms with Crippen molar-refractivity contribution in [1.82, 2.24) is 4.72 Å². The van der Waals surface area contributed by atoms with Gasteiger partial charge in [0.05, 0.1) is 6.26 Å². The van der Waals surface area contributed by atoms with E-state index in [1.54, 1.807) is 0 Å². The Bertz CT molecular complexity index is 549. The van der Waals surface area contributed by atoms with Gasteiger partial charge in [-0.05, 0) is 13.8 Å². The van der Waals surface area contributed by atoms with Crippen LogP contribution in [-0.2, 0) is 33.9 Å². The van der Waals surface area contributed by atoms with E-state index in [1.807, 2.05) is 4.72 Å². The number of sulfonamides is 1. The molecule has 0 spiro atoms. The lowest BCUT2D eigenvalue weighted by Crippen LogP contribution is -2.26. The van der Waals surface area contributed by atoms with Crippen molar-refractivity contribution in [2.75, 3.05) is 19.6 Å². The molecule has 22 heavy (non-hydrogen) atoms. The zero-order valence-electron chi connectivity index (χ0n) is 12.5. The van der Waals surface area contributed by atoms with Gasteiger partial charge in [0.15, 0.2) is 13.3 Å². The molecule has 0 aliphatic carbocycles. The molecule has 0 aromatic carbocycles. The van der Waals surface area contributed by atoms with E-state index in [2.05, 4.69) is 22.6 Å². The smallest absolute Gasteiger partial charge is 0.341 e. The second-order valence-corrected chi connectivity index (χ2v) is 5.86. The molecule has 0 bridgehead atoms. The molecule has 0 amide bonds. The van der Waals surface area contributed by atoms with Crippen molar-refractivity contribution < 1.29 is 37.4 Å². The predicted molar refractivity (Wildman–Crippen MR) is 77.2 cm³/mol. The quantitative estimate of drug-likeness (QED) is 0.370. The minimum absolute atomic E-state index is 0.196. The molecule has 0 aromatic heterocycles. The summed E-state index contributed by atoms with van der Waals surface area (Å²) in [7, 11) is -3.30. The summed E-state index contributed by atoms with van der Waals surface area (Å²) in [6, 6.07) is 0. The number of hydrogen-bond donors (Lipinski definition) is 2. The third-order valence-corrected chi connectivity index (χ3v) is 2.19. The van der Waals surface area contributed by atoms with Gasteiger partial charge in [-0.3, -0.25) is 0 Å². The number of carbonyl (C=O) groups excluding carboxylic acids is 2. The van der Waals surface area contributed by atoms with E-state index in [-0.39, 0.29) is 17.9 Å². The van der Waals surface area contributed by atoms with E-state index >= 15 is 0 Å². The third kappa shape index (κ3) is 15.9. The van der Waals surface area contributed by atoms with Gasteiger partial charge in [-0.15, -0.1) is 0 Å². The summed E-state index contributed by atoms with van der Waals surface area (Å²) in [6.45, 7) is 8.55. The van der Waals surface area contributed by atoms with Gasteiger partial charge >= 0.3 is 17.9 Å². The molecule has 0 atom stereocenters. The van der Waals surface area contributed by atoms with Crippen molar-refractivity contribution >= 4 is 27.9 Å². The molecule has 0 fully saturated rings. The Morgan fingerprint density at radius 2 is 1.45 bits per heavy atom. The number of carboxylic acids is 1. The summed E-state index contributed by atoms with van der Waals surface area (Å²) in [5.41, 5.74) is 0.423. The zero-order valence-corrected chi connectivity index (χ0v) is 13.4. The second-order valence-electron chi connectivity index (χ2n) is 4.02. The predicted octanol–water partition coefficient (Wildman–Crippen LogP) is -0.197. The minimum atomic E-state index is -3.30. The first-order valence-electron chi connectivity index (χ1n) is 5.68. The van der Waals surface area contributed by atoms with Crippen LogP contribution >= 0.6 is 0 Å².